The third-order valence-corrected chi connectivity index (χ3v) is 5.65. The van der Waals surface area contributed by atoms with E-state index in [0.717, 1.165) is 4.31 Å². The number of carbonyl (C=O) groups is 1. The maximum Gasteiger partial charge on any atom is 0.417 e. The molecule has 2 aromatic carbocycles. The Balaban J connectivity index is 1.77. The molecule has 0 saturated carbocycles. The molecule has 3 rings (SSSR count). The first kappa shape index (κ1) is 18.7. The van der Waals surface area contributed by atoms with Gasteiger partial charge in [-0.1, -0.05) is 12.1 Å². The molecule has 0 aliphatic rings. The van der Waals surface area contributed by atoms with Gasteiger partial charge in [-0.3, -0.25) is 9.78 Å². The van der Waals surface area contributed by atoms with Crippen LogP contribution in [0.3, 0.4) is 0 Å². The lowest BCUT2D eigenvalue weighted by molar-refractivity contribution is -0.116. The number of nitrogens with one attached hydrogen (secondary N) is 2. The fraction of sp³-hybridized carbons (Fsp3) is 0.176. The van der Waals surface area contributed by atoms with Crippen molar-refractivity contribution in [2.24, 2.45) is 0 Å². The van der Waals surface area contributed by atoms with Crippen molar-refractivity contribution in [3.8, 4) is 5.75 Å². The summed E-state index contributed by atoms with van der Waals surface area (Å²) in [5, 5.41) is 2.61. The first-order valence-corrected chi connectivity index (χ1v) is 9.27. The Bertz CT molecular complexity index is 1150. The zero-order valence-electron chi connectivity index (χ0n) is 14.6. The van der Waals surface area contributed by atoms with Crippen molar-refractivity contribution in [2.45, 2.75) is 4.90 Å². The van der Waals surface area contributed by atoms with Crippen LogP contribution >= 0.6 is 0 Å². The number of para-hydroxylation sites is 2. The minimum Gasteiger partial charge on any atom is -0.495 e. The van der Waals surface area contributed by atoms with Gasteiger partial charge in [0.1, 0.15) is 5.75 Å². The molecule has 0 saturated heterocycles. The topological polar surface area (TPSA) is 122 Å². The number of likely N-dealkylation sites (N-methyl/N-ethyl adjacent to an activating group) is 1. The van der Waals surface area contributed by atoms with Crippen molar-refractivity contribution in [3.63, 3.8) is 0 Å². The molecule has 0 aliphatic heterocycles. The second-order valence-corrected chi connectivity index (χ2v) is 7.73. The van der Waals surface area contributed by atoms with Gasteiger partial charge in [-0.25, -0.2) is 13.2 Å². The molecular weight excluding hydrogens is 374 g/mol. The minimum absolute atomic E-state index is 0.0923. The van der Waals surface area contributed by atoms with Gasteiger partial charge in [0.05, 0.1) is 29.8 Å². The number of benzene rings is 2. The monoisotopic (exact) mass is 391 g/mol. The van der Waals surface area contributed by atoms with Crippen molar-refractivity contribution < 1.29 is 22.4 Å². The van der Waals surface area contributed by atoms with Crippen molar-refractivity contribution in [1.82, 2.24) is 9.29 Å². The number of sulfonamides is 1. The van der Waals surface area contributed by atoms with Gasteiger partial charge >= 0.3 is 5.76 Å². The number of hydrogen-bond acceptors (Lipinski definition) is 6. The van der Waals surface area contributed by atoms with Crippen LogP contribution in [0.4, 0.5) is 5.69 Å². The molecule has 0 radical (unpaired) electrons. The Morgan fingerprint density at radius 2 is 2.00 bits per heavy atom. The van der Waals surface area contributed by atoms with Crippen LogP contribution in [0.1, 0.15) is 0 Å². The lowest BCUT2D eigenvalue weighted by Gasteiger charge is -2.17. The number of nitrogens with zero attached hydrogens (tertiary/aromatic N) is 1. The van der Waals surface area contributed by atoms with E-state index >= 15 is 0 Å². The number of anilines is 1. The highest BCUT2D eigenvalue weighted by Crippen LogP contribution is 2.23. The van der Waals surface area contributed by atoms with Gasteiger partial charge in [-0.2, -0.15) is 4.31 Å². The zero-order valence-corrected chi connectivity index (χ0v) is 15.4. The molecule has 0 aliphatic carbocycles. The SMILES string of the molecule is COc1ccccc1NC(=O)CN(C)S(=O)(=O)c1ccc2[nH]c(=O)oc2c1. The number of fused-ring (bicyclic) bond motifs is 1. The van der Waals surface area contributed by atoms with Gasteiger partial charge < -0.3 is 14.5 Å². The molecule has 0 spiro atoms. The van der Waals surface area contributed by atoms with Crippen LogP contribution in [0.5, 0.6) is 5.75 Å². The summed E-state index contributed by atoms with van der Waals surface area (Å²) in [6.07, 6.45) is 0. The molecule has 27 heavy (non-hydrogen) atoms. The summed E-state index contributed by atoms with van der Waals surface area (Å²) in [5.74, 6) is -0.742. The van der Waals surface area contributed by atoms with Gasteiger partial charge in [0.15, 0.2) is 5.58 Å². The molecule has 2 N–H and O–H groups in total. The Hall–Kier alpha value is -3.11. The maximum atomic E-state index is 12.7. The number of aromatic nitrogens is 1. The summed E-state index contributed by atoms with van der Waals surface area (Å²) in [6, 6.07) is 10.8. The van der Waals surface area contributed by atoms with Crippen LogP contribution < -0.4 is 15.8 Å². The first-order chi connectivity index (χ1) is 12.8. The smallest absolute Gasteiger partial charge is 0.417 e. The van der Waals surface area contributed by atoms with Crippen LogP contribution in [0.2, 0.25) is 0 Å². The number of H-pyrrole nitrogens is 1. The summed E-state index contributed by atoms with van der Waals surface area (Å²) >= 11 is 0. The van der Waals surface area contributed by atoms with Crippen LogP contribution in [0.15, 0.2) is 56.6 Å². The van der Waals surface area contributed by atoms with E-state index < -0.39 is 28.2 Å². The lowest BCUT2D eigenvalue weighted by atomic mass is 10.3. The van der Waals surface area contributed by atoms with E-state index in [2.05, 4.69) is 10.3 Å². The van der Waals surface area contributed by atoms with Crippen molar-refractivity contribution in [1.29, 1.82) is 0 Å². The summed E-state index contributed by atoms with van der Waals surface area (Å²) in [6.45, 7) is -0.407. The molecule has 142 valence electrons. The number of hydrogen-bond donors (Lipinski definition) is 2. The highest BCUT2D eigenvalue weighted by Gasteiger charge is 2.24. The predicted octanol–water partition coefficient (Wildman–Crippen LogP) is 1.39. The van der Waals surface area contributed by atoms with E-state index in [1.807, 2.05) is 0 Å². The van der Waals surface area contributed by atoms with Gasteiger partial charge in [-0.15, -0.1) is 0 Å². The summed E-state index contributed by atoms with van der Waals surface area (Å²) in [7, 11) is -1.20. The van der Waals surface area contributed by atoms with Crippen LogP contribution in [-0.2, 0) is 14.8 Å². The largest absolute Gasteiger partial charge is 0.495 e. The van der Waals surface area contributed by atoms with Gasteiger partial charge in [0.25, 0.3) is 0 Å². The standard InChI is InChI=1S/C17H17N3O6S/c1-20(10-16(21)18-12-5-3-4-6-14(12)25-2)27(23,24)11-7-8-13-15(9-11)26-17(22)19-13/h3-9H,10H2,1-2H3,(H,18,21)(H,19,22). The quantitative estimate of drug-likeness (QED) is 0.655. The summed E-state index contributed by atoms with van der Waals surface area (Å²) in [4.78, 5) is 25.8. The number of oxazole rings is 1. The molecule has 1 heterocycles. The fourth-order valence-corrected chi connectivity index (χ4v) is 3.63. The maximum absolute atomic E-state index is 12.7. The molecule has 1 aromatic heterocycles. The second kappa shape index (κ2) is 7.25. The predicted molar refractivity (Wildman–Crippen MR) is 98.3 cm³/mol. The molecule has 0 fully saturated rings. The third kappa shape index (κ3) is 3.86. The van der Waals surface area contributed by atoms with Gasteiger partial charge in [-0.05, 0) is 24.3 Å². The highest BCUT2D eigenvalue weighted by molar-refractivity contribution is 7.89. The average molecular weight is 391 g/mol. The molecule has 10 heteroatoms. The highest BCUT2D eigenvalue weighted by atomic mass is 32.2. The molecule has 3 aromatic rings. The number of rotatable bonds is 6. The number of carbonyl (C=O) groups excluding carboxylic acids is 1. The Morgan fingerprint density at radius 3 is 2.74 bits per heavy atom. The Kier molecular flexibility index (Phi) is 5.02. The fourth-order valence-electron chi connectivity index (χ4n) is 2.49. The zero-order chi connectivity index (χ0) is 19.6. The van der Waals surface area contributed by atoms with Gasteiger partial charge in [0.2, 0.25) is 15.9 Å². The van der Waals surface area contributed by atoms with E-state index in [9.17, 15) is 18.0 Å². The second-order valence-electron chi connectivity index (χ2n) is 5.68. The first-order valence-electron chi connectivity index (χ1n) is 7.83. The van der Waals surface area contributed by atoms with Crippen LogP contribution in [-0.4, -0.2) is 44.3 Å². The van der Waals surface area contributed by atoms with E-state index in [4.69, 9.17) is 9.15 Å². The van der Waals surface area contributed by atoms with Crippen molar-refractivity contribution in [3.05, 3.63) is 53.0 Å². The Morgan fingerprint density at radius 1 is 1.26 bits per heavy atom. The van der Waals surface area contributed by atoms with Crippen LogP contribution in [0, 0.1) is 0 Å². The average Bonchev–Trinajstić information content (AvgIpc) is 3.01. The molecule has 0 unspecified atom stereocenters. The number of ether oxygens (including phenoxy) is 1. The molecule has 0 atom stereocenters. The lowest BCUT2D eigenvalue weighted by Crippen LogP contribution is -2.35. The molecular formula is C17H17N3O6S. The van der Waals surface area contributed by atoms with Crippen molar-refractivity contribution >= 4 is 32.7 Å². The number of aromatic amines is 1. The van der Waals surface area contributed by atoms with Crippen LogP contribution in [0.25, 0.3) is 11.1 Å². The molecule has 1 amide bonds. The molecule has 0 bridgehead atoms. The number of methoxy groups -OCH3 is 1. The van der Waals surface area contributed by atoms with E-state index in [1.165, 1.54) is 32.4 Å². The van der Waals surface area contributed by atoms with E-state index in [-0.39, 0.29) is 10.5 Å². The van der Waals surface area contributed by atoms with Gasteiger partial charge in [0, 0.05) is 13.1 Å². The number of amides is 1. The van der Waals surface area contributed by atoms with Crippen molar-refractivity contribution in [2.75, 3.05) is 26.0 Å². The minimum atomic E-state index is -3.96. The third-order valence-electron chi connectivity index (χ3n) is 3.85. The van der Waals surface area contributed by atoms with E-state index in [1.54, 1.807) is 24.3 Å². The Labute approximate surface area is 154 Å². The van der Waals surface area contributed by atoms with E-state index in [0.29, 0.717) is 17.0 Å². The molecule has 9 nitrogen and oxygen atoms in total. The summed E-state index contributed by atoms with van der Waals surface area (Å²) in [5.41, 5.74) is 0.940. The normalized spacial score (nSPS) is 11.7. The summed E-state index contributed by atoms with van der Waals surface area (Å²) < 4.78 is 36.3.